The largest absolute Gasteiger partial charge is 0.496 e. The molecule has 0 bridgehead atoms. The van der Waals surface area contributed by atoms with E-state index in [-0.39, 0.29) is 18.0 Å². The van der Waals surface area contributed by atoms with Crippen LogP contribution in [0.1, 0.15) is 24.0 Å². The Kier molecular flexibility index (Phi) is 9.03. The number of aryl methyl sites for hydroxylation is 2. The van der Waals surface area contributed by atoms with Gasteiger partial charge in [0.15, 0.2) is 0 Å². The van der Waals surface area contributed by atoms with Crippen LogP contribution >= 0.6 is 0 Å². The summed E-state index contributed by atoms with van der Waals surface area (Å²) in [5.74, 6) is -0.997. The van der Waals surface area contributed by atoms with E-state index in [9.17, 15) is 18.0 Å². The summed E-state index contributed by atoms with van der Waals surface area (Å²) in [7, 11) is -2.35. The summed E-state index contributed by atoms with van der Waals surface area (Å²) >= 11 is 0. The van der Waals surface area contributed by atoms with Crippen LogP contribution in [0.2, 0.25) is 0 Å². The Balaban J connectivity index is 1.53. The molecule has 1 fully saturated rings. The minimum absolute atomic E-state index is 0.115. The third-order valence-electron chi connectivity index (χ3n) is 5.54. The smallest absolute Gasteiger partial charge is 0.309 e. The Morgan fingerprint density at radius 1 is 1.12 bits per heavy atom. The van der Waals surface area contributed by atoms with Gasteiger partial charge in [0.1, 0.15) is 12.0 Å². The topological polar surface area (TPSA) is 114 Å². The number of methoxy groups -OCH3 is 1. The van der Waals surface area contributed by atoms with Crippen LogP contribution in [0.3, 0.4) is 0 Å². The third-order valence-corrected chi connectivity index (χ3v) is 7.43. The lowest BCUT2D eigenvalue weighted by molar-refractivity contribution is -0.140. The Morgan fingerprint density at radius 3 is 2.56 bits per heavy atom. The predicted octanol–water partition coefficient (Wildman–Crippen LogP) is 1.61. The molecule has 9 nitrogen and oxygen atoms in total. The Bertz CT molecular complexity index is 1090. The molecule has 3 rings (SSSR count). The van der Waals surface area contributed by atoms with Crippen LogP contribution in [-0.2, 0) is 30.8 Å². The maximum Gasteiger partial charge on any atom is 0.309 e. The lowest BCUT2D eigenvalue weighted by atomic mass is 10.1. The highest BCUT2D eigenvalue weighted by atomic mass is 32.2. The lowest BCUT2D eigenvalue weighted by Crippen LogP contribution is -2.53. The fourth-order valence-electron chi connectivity index (χ4n) is 3.73. The molecule has 2 aromatic rings. The molecule has 10 heteroatoms. The van der Waals surface area contributed by atoms with E-state index in [4.69, 9.17) is 9.47 Å². The number of carbonyl (C=O) groups is 2. The molecule has 0 aliphatic carbocycles. The fraction of sp³-hybridized carbons (Fsp3) is 0.417. The third kappa shape index (κ3) is 6.55. The van der Waals surface area contributed by atoms with E-state index in [1.807, 2.05) is 30.3 Å². The van der Waals surface area contributed by atoms with E-state index in [1.54, 1.807) is 19.1 Å². The number of nitrogens with one attached hydrogen (secondary N) is 2. The van der Waals surface area contributed by atoms with Gasteiger partial charge in [-0.15, -0.1) is 0 Å². The van der Waals surface area contributed by atoms with Crippen LogP contribution < -0.4 is 15.4 Å². The molecule has 1 saturated heterocycles. The van der Waals surface area contributed by atoms with Crippen molar-refractivity contribution in [1.82, 2.24) is 14.9 Å². The van der Waals surface area contributed by atoms with Crippen molar-refractivity contribution in [2.45, 2.75) is 37.3 Å². The van der Waals surface area contributed by atoms with Crippen LogP contribution in [0.15, 0.2) is 53.4 Å². The van der Waals surface area contributed by atoms with Crippen molar-refractivity contribution in [2.75, 3.05) is 33.4 Å². The summed E-state index contributed by atoms with van der Waals surface area (Å²) in [6.45, 7) is 2.60. The Morgan fingerprint density at radius 2 is 1.85 bits per heavy atom. The van der Waals surface area contributed by atoms with Gasteiger partial charge in [0.2, 0.25) is 10.0 Å². The second-order valence-electron chi connectivity index (χ2n) is 7.98. The number of amides is 2. The average Bonchev–Trinajstić information content (AvgIpc) is 2.85. The molecule has 0 radical (unpaired) electrons. The maximum absolute atomic E-state index is 13.2. The van der Waals surface area contributed by atoms with Crippen molar-refractivity contribution < 1.29 is 27.5 Å². The molecule has 1 heterocycles. The first-order valence-corrected chi connectivity index (χ1v) is 12.6. The van der Waals surface area contributed by atoms with E-state index in [2.05, 4.69) is 10.6 Å². The highest BCUT2D eigenvalue weighted by Gasteiger charge is 2.35. The number of hydrogen-bond donors (Lipinski definition) is 2. The van der Waals surface area contributed by atoms with E-state index < -0.39 is 28.1 Å². The van der Waals surface area contributed by atoms with Gasteiger partial charge in [0, 0.05) is 13.1 Å². The number of rotatable bonds is 9. The lowest BCUT2D eigenvalue weighted by Gasteiger charge is -2.34. The second kappa shape index (κ2) is 12.0. The zero-order chi connectivity index (χ0) is 24.6. The molecule has 34 heavy (non-hydrogen) atoms. The molecule has 0 unspecified atom stereocenters. The molecule has 184 valence electrons. The first kappa shape index (κ1) is 25.7. The monoisotopic (exact) mass is 489 g/mol. The minimum Gasteiger partial charge on any atom is -0.496 e. The Labute approximate surface area is 200 Å². The first-order chi connectivity index (χ1) is 16.3. The molecule has 1 atom stereocenters. The standard InChI is InChI=1S/C24H31N3O6S/c1-18-16-20(11-12-21(18)32-2)34(30,31)27-14-7-15-33-22(27)17-26-24(29)23(28)25-13-6-10-19-8-4-3-5-9-19/h3-5,8-9,11-12,16,22H,6-7,10,13-15,17H2,1-2H3,(H,25,28)(H,26,29)/t22-/m0/s1. The van der Waals surface area contributed by atoms with Gasteiger partial charge >= 0.3 is 11.8 Å². The minimum atomic E-state index is -3.87. The summed E-state index contributed by atoms with van der Waals surface area (Å²) in [5, 5.41) is 5.08. The number of benzene rings is 2. The summed E-state index contributed by atoms with van der Waals surface area (Å²) in [6, 6.07) is 14.5. The van der Waals surface area contributed by atoms with Crippen molar-refractivity contribution >= 4 is 21.8 Å². The fourth-order valence-corrected chi connectivity index (χ4v) is 5.38. The molecule has 2 N–H and O–H groups in total. The van der Waals surface area contributed by atoms with Crippen molar-refractivity contribution in [2.24, 2.45) is 0 Å². The maximum atomic E-state index is 13.2. The number of carbonyl (C=O) groups excluding carboxylic acids is 2. The van der Waals surface area contributed by atoms with E-state index in [0.29, 0.717) is 37.3 Å². The van der Waals surface area contributed by atoms with E-state index >= 15 is 0 Å². The van der Waals surface area contributed by atoms with Crippen LogP contribution in [0.25, 0.3) is 0 Å². The van der Waals surface area contributed by atoms with Crippen LogP contribution in [0.5, 0.6) is 5.75 Å². The average molecular weight is 490 g/mol. The van der Waals surface area contributed by atoms with Gasteiger partial charge in [-0.3, -0.25) is 9.59 Å². The predicted molar refractivity (Wildman–Crippen MR) is 127 cm³/mol. The van der Waals surface area contributed by atoms with Crippen LogP contribution in [-0.4, -0.2) is 64.1 Å². The molecule has 2 aromatic carbocycles. The molecule has 2 amide bonds. The van der Waals surface area contributed by atoms with Gasteiger partial charge < -0.3 is 20.1 Å². The zero-order valence-corrected chi connectivity index (χ0v) is 20.3. The molecule has 1 aliphatic heterocycles. The van der Waals surface area contributed by atoms with Crippen LogP contribution in [0.4, 0.5) is 0 Å². The summed E-state index contributed by atoms with van der Waals surface area (Å²) in [5.41, 5.74) is 1.85. The van der Waals surface area contributed by atoms with Gasteiger partial charge in [-0.25, -0.2) is 8.42 Å². The molecule has 1 aliphatic rings. The SMILES string of the molecule is COc1ccc(S(=O)(=O)N2CCCO[C@H]2CNC(=O)C(=O)NCCCc2ccccc2)cc1C. The second-order valence-corrected chi connectivity index (χ2v) is 9.87. The van der Waals surface area contributed by atoms with E-state index in [0.717, 1.165) is 12.0 Å². The summed E-state index contributed by atoms with van der Waals surface area (Å²) in [4.78, 5) is 24.5. The van der Waals surface area contributed by atoms with Gasteiger partial charge in [0.25, 0.3) is 0 Å². The molecule has 0 spiro atoms. The highest BCUT2D eigenvalue weighted by molar-refractivity contribution is 7.89. The van der Waals surface area contributed by atoms with Crippen LogP contribution in [0, 0.1) is 6.92 Å². The van der Waals surface area contributed by atoms with Gasteiger partial charge in [-0.05, 0) is 55.5 Å². The number of hydrogen-bond acceptors (Lipinski definition) is 6. The van der Waals surface area contributed by atoms with E-state index in [1.165, 1.54) is 17.5 Å². The van der Waals surface area contributed by atoms with Gasteiger partial charge in [0.05, 0.1) is 25.2 Å². The van der Waals surface area contributed by atoms with Crippen molar-refractivity contribution in [3.8, 4) is 5.75 Å². The molecular weight excluding hydrogens is 458 g/mol. The van der Waals surface area contributed by atoms with Crippen molar-refractivity contribution in [3.63, 3.8) is 0 Å². The van der Waals surface area contributed by atoms with Crippen molar-refractivity contribution in [3.05, 3.63) is 59.7 Å². The van der Waals surface area contributed by atoms with Crippen molar-refractivity contribution in [1.29, 1.82) is 0 Å². The summed E-state index contributed by atoms with van der Waals surface area (Å²) in [6.07, 6.45) is 1.11. The normalized spacial score (nSPS) is 16.6. The molecule has 0 aromatic heterocycles. The number of ether oxygens (including phenoxy) is 2. The number of nitrogens with zero attached hydrogens (tertiary/aromatic N) is 1. The highest BCUT2D eigenvalue weighted by Crippen LogP contribution is 2.26. The zero-order valence-electron chi connectivity index (χ0n) is 19.5. The van der Waals surface area contributed by atoms with Gasteiger partial charge in [-0.1, -0.05) is 30.3 Å². The quantitative estimate of drug-likeness (QED) is 0.409. The molecular formula is C24H31N3O6S. The molecule has 0 saturated carbocycles. The number of sulfonamides is 1. The van der Waals surface area contributed by atoms with Gasteiger partial charge in [-0.2, -0.15) is 4.31 Å². The summed E-state index contributed by atoms with van der Waals surface area (Å²) < 4.78 is 38.5. The Hall–Kier alpha value is -2.95. The first-order valence-electron chi connectivity index (χ1n) is 11.2.